The third kappa shape index (κ3) is 2.36. The maximum atomic E-state index is 5.88. The average molecular weight is 270 g/mol. The Bertz CT molecular complexity index is 732. The van der Waals surface area contributed by atoms with Gasteiger partial charge in [-0.15, -0.1) is 5.10 Å². The number of hydrogen-bond donors (Lipinski definition) is 0. The highest BCUT2D eigenvalue weighted by molar-refractivity contribution is 7.99. The Labute approximate surface area is 116 Å². The summed E-state index contributed by atoms with van der Waals surface area (Å²) in [5.74, 6) is 0. The molecule has 0 atom stereocenters. The molecule has 1 aromatic carbocycles. The number of aryl methyl sites for hydroxylation is 3. The summed E-state index contributed by atoms with van der Waals surface area (Å²) in [6, 6.07) is 10.1. The van der Waals surface area contributed by atoms with Crippen LogP contribution in [-0.4, -0.2) is 10.2 Å². The molecule has 0 aliphatic heterocycles. The predicted molar refractivity (Wildman–Crippen MR) is 76.6 cm³/mol. The van der Waals surface area contributed by atoms with Crippen LogP contribution < -0.4 is 0 Å². The van der Waals surface area contributed by atoms with Gasteiger partial charge >= 0.3 is 0 Å². The molecule has 0 unspecified atom stereocenters. The summed E-state index contributed by atoms with van der Waals surface area (Å²) in [6.07, 6.45) is 0. The lowest BCUT2D eigenvalue weighted by Gasteiger charge is -1.97. The molecule has 0 spiro atoms. The lowest BCUT2D eigenvalue weighted by molar-refractivity contribution is 0.509. The number of benzene rings is 1. The van der Waals surface area contributed by atoms with Crippen LogP contribution in [0.5, 0.6) is 0 Å². The first-order valence-electron chi connectivity index (χ1n) is 6.11. The minimum Gasteiger partial charge on any atom is -0.449 e. The minimum atomic E-state index is 0.851. The second kappa shape index (κ2) is 4.70. The molecule has 0 saturated heterocycles. The molecule has 0 amide bonds. The molecule has 0 aliphatic carbocycles. The lowest BCUT2D eigenvalue weighted by Crippen LogP contribution is -1.87. The first kappa shape index (κ1) is 12.2. The Morgan fingerprint density at radius 2 is 1.84 bits per heavy atom. The summed E-state index contributed by atoms with van der Waals surface area (Å²) >= 11 is 1.51. The molecule has 0 fully saturated rings. The van der Waals surface area contributed by atoms with Gasteiger partial charge < -0.3 is 4.42 Å². The zero-order valence-electron chi connectivity index (χ0n) is 11.1. The van der Waals surface area contributed by atoms with E-state index in [1.165, 1.54) is 22.7 Å². The molecule has 0 radical (unpaired) electrons. The Morgan fingerprint density at radius 1 is 1.00 bits per heavy atom. The number of fused-ring (bicyclic) bond motifs is 1. The van der Waals surface area contributed by atoms with Gasteiger partial charge in [-0.2, -0.15) is 5.10 Å². The van der Waals surface area contributed by atoms with E-state index in [1.54, 1.807) is 0 Å². The first-order valence-corrected chi connectivity index (χ1v) is 6.93. The van der Waals surface area contributed by atoms with Crippen LogP contribution in [-0.2, 0) is 0 Å². The summed E-state index contributed by atoms with van der Waals surface area (Å²) in [5.41, 5.74) is 4.24. The molecule has 2 heterocycles. The molecule has 0 aliphatic rings. The summed E-state index contributed by atoms with van der Waals surface area (Å²) in [6.45, 7) is 6.09. The summed E-state index contributed by atoms with van der Waals surface area (Å²) in [5, 5.41) is 11.1. The van der Waals surface area contributed by atoms with Crippen molar-refractivity contribution in [3.05, 3.63) is 47.2 Å². The molecular formula is C15H14N2OS. The Kier molecular flexibility index (Phi) is 3.03. The van der Waals surface area contributed by atoms with Crippen molar-refractivity contribution in [2.24, 2.45) is 0 Å². The number of hydrogen-bond acceptors (Lipinski definition) is 4. The second-order valence-corrected chi connectivity index (χ2v) is 5.62. The minimum absolute atomic E-state index is 0.851. The normalized spacial score (nSPS) is 11.1. The van der Waals surface area contributed by atoms with E-state index in [-0.39, 0.29) is 0 Å². The van der Waals surface area contributed by atoms with E-state index in [0.29, 0.717) is 0 Å². The monoisotopic (exact) mass is 270 g/mol. The van der Waals surface area contributed by atoms with Gasteiger partial charge in [0, 0.05) is 10.9 Å². The van der Waals surface area contributed by atoms with Crippen LogP contribution in [0.15, 0.2) is 44.9 Å². The van der Waals surface area contributed by atoms with Crippen molar-refractivity contribution in [2.75, 3.05) is 0 Å². The topological polar surface area (TPSA) is 38.9 Å². The molecule has 19 heavy (non-hydrogen) atoms. The fraction of sp³-hybridized carbons (Fsp3) is 0.200. The first-order chi connectivity index (χ1) is 9.13. The third-order valence-corrected chi connectivity index (χ3v) is 4.02. The summed E-state index contributed by atoms with van der Waals surface area (Å²) in [4.78, 5) is 0. The van der Waals surface area contributed by atoms with E-state index in [2.05, 4.69) is 36.2 Å². The van der Waals surface area contributed by atoms with Crippen LogP contribution in [0.3, 0.4) is 0 Å². The highest BCUT2D eigenvalue weighted by Crippen LogP contribution is 2.35. The smallest absolute Gasteiger partial charge is 0.170 e. The van der Waals surface area contributed by atoms with E-state index in [4.69, 9.17) is 4.42 Å². The van der Waals surface area contributed by atoms with Crippen molar-refractivity contribution < 1.29 is 4.42 Å². The third-order valence-electron chi connectivity index (χ3n) is 3.02. The fourth-order valence-corrected chi connectivity index (χ4v) is 2.75. The zero-order chi connectivity index (χ0) is 13.4. The van der Waals surface area contributed by atoms with Crippen LogP contribution in [0.4, 0.5) is 0 Å². The number of furan rings is 1. The van der Waals surface area contributed by atoms with Gasteiger partial charge in [0.1, 0.15) is 10.6 Å². The number of nitrogens with zero attached hydrogens (tertiary/aromatic N) is 2. The quantitative estimate of drug-likeness (QED) is 0.696. The molecule has 0 saturated carbocycles. The molecule has 3 rings (SSSR count). The number of aromatic nitrogens is 2. The molecule has 0 bridgehead atoms. The maximum Gasteiger partial charge on any atom is 0.170 e. The molecule has 96 valence electrons. The van der Waals surface area contributed by atoms with Crippen molar-refractivity contribution in [1.82, 2.24) is 10.2 Å². The Balaban J connectivity index is 2.01. The average Bonchev–Trinajstić information content (AvgIpc) is 2.70. The molecule has 4 heteroatoms. The lowest BCUT2D eigenvalue weighted by atomic mass is 10.1. The molecule has 3 aromatic rings. The van der Waals surface area contributed by atoms with Crippen molar-refractivity contribution in [2.45, 2.75) is 30.9 Å². The van der Waals surface area contributed by atoms with Crippen LogP contribution in [0.1, 0.15) is 16.8 Å². The fourth-order valence-electron chi connectivity index (χ4n) is 1.95. The van der Waals surface area contributed by atoms with Gasteiger partial charge in [0.05, 0.1) is 5.69 Å². The van der Waals surface area contributed by atoms with Gasteiger partial charge in [-0.25, -0.2) is 0 Å². The molecule has 0 N–H and O–H groups in total. The SMILES string of the molecule is Cc1ccc2oc(Sc3ccc(C)nn3)c(C)c2c1. The van der Waals surface area contributed by atoms with Gasteiger partial charge in [0.25, 0.3) is 0 Å². The van der Waals surface area contributed by atoms with Gasteiger partial charge in [0.15, 0.2) is 5.09 Å². The van der Waals surface area contributed by atoms with Crippen LogP contribution in [0.2, 0.25) is 0 Å². The summed E-state index contributed by atoms with van der Waals surface area (Å²) < 4.78 is 5.88. The Hall–Kier alpha value is -1.81. The summed E-state index contributed by atoms with van der Waals surface area (Å²) in [7, 11) is 0. The zero-order valence-corrected chi connectivity index (χ0v) is 11.9. The largest absolute Gasteiger partial charge is 0.449 e. The second-order valence-electron chi connectivity index (χ2n) is 4.63. The van der Waals surface area contributed by atoms with Crippen LogP contribution in [0.25, 0.3) is 11.0 Å². The predicted octanol–water partition coefficient (Wildman–Crippen LogP) is 4.30. The maximum absolute atomic E-state index is 5.88. The van der Waals surface area contributed by atoms with Crippen molar-refractivity contribution >= 4 is 22.7 Å². The van der Waals surface area contributed by atoms with E-state index < -0.39 is 0 Å². The molecule has 2 aromatic heterocycles. The van der Waals surface area contributed by atoms with E-state index in [9.17, 15) is 0 Å². The standard InChI is InChI=1S/C15H14N2OS/c1-9-4-6-13-12(8-9)11(3)15(18-13)19-14-7-5-10(2)16-17-14/h4-8H,1-3H3. The van der Waals surface area contributed by atoms with Crippen molar-refractivity contribution in [3.63, 3.8) is 0 Å². The van der Waals surface area contributed by atoms with E-state index in [0.717, 1.165) is 27.0 Å². The van der Waals surface area contributed by atoms with Gasteiger partial charge in [-0.1, -0.05) is 11.6 Å². The van der Waals surface area contributed by atoms with Crippen molar-refractivity contribution in [3.8, 4) is 0 Å². The number of rotatable bonds is 2. The Morgan fingerprint density at radius 3 is 2.58 bits per heavy atom. The van der Waals surface area contributed by atoms with Crippen LogP contribution in [0, 0.1) is 20.8 Å². The molecule has 3 nitrogen and oxygen atoms in total. The van der Waals surface area contributed by atoms with Gasteiger partial charge in [0.2, 0.25) is 0 Å². The van der Waals surface area contributed by atoms with Gasteiger partial charge in [-0.3, -0.25) is 0 Å². The van der Waals surface area contributed by atoms with Gasteiger partial charge in [-0.05, 0) is 56.8 Å². The van der Waals surface area contributed by atoms with Crippen molar-refractivity contribution in [1.29, 1.82) is 0 Å². The van der Waals surface area contributed by atoms with E-state index >= 15 is 0 Å². The van der Waals surface area contributed by atoms with Crippen LogP contribution >= 0.6 is 11.8 Å². The highest BCUT2D eigenvalue weighted by atomic mass is 32.2. The molecular weight excluding hydrogens is 256 g/mol. The van der Waals surface area contributed by atoms with E-state index in [1.807, 2.05) is 25.1 Å². The highest BCUT2D eigenvalue weighted by Gasteiger charge is 2.12.